The fourth-order valence-corrected chi connectivity index (χ4v) is 4.00. The van der Waals surface area contributed by atoms with E-state index in [1.54, 1.807) is 33.2 Å². The Balaban J connectivity index is 1.96. The Bertz CT molecular complexity index is 1320. The maximum Gasteiger partial charge on any atom is 0.268 e. The van der Waals surface area contributed by atoms with Crippen LogP contribution in [0.25, 0.3) is 21.2 Å². The molecule has 0 saturated carbocycles. The average molecular weight is 428 g/mol. The first kappa shape index (κ1) is 20.2. The molecule has 8 heteroatoms. The van der Waals surface area contributed by atoms with Crippen LogP contribution >= 0.6 is 11.3 Å². The smallest absolute Gasteiger partial charge is 0.268 e. The summed E-state index contributed by atoms with van der Waals surface area (Å²) in [5.74, 6) is -1.70. The molecule has 0 bridgehead atoms. The number of hydrogen-bond donors (Lipinski definition) is 1. The van der Waals surface area contributed by atoms with Crippen molar-refractivity contribution in [3.63, 3.8) is 0 Å². The first-order chi connectivity index (χ1) is 14.1. The molecular weight excluding hydrogens is 410 g/mol. The molecule has 4 aromatic rings. The van der Waals surface area contributed by atoms with Gasteiger partial charge in [0.25, 0.3) is 5.56 Å². The van der Waals surface area contributed by atoms with Crippen molar-refractivity contribution in [1.29, 1.82) is 0 Å². The van der Waals surface area contributed by atoms with Gasteiger partial charge in [-0.25, -0.2) is 13.8 Å². The molecule has 5 nitrogen and oxygen atoms in total. The number of fused-ring (bicyclic) bond motifs is 1. The number of nitrogens with zero attached hydrogens (tertiary/aromatic N) is 2. The minimum absolute atomic E-state index is 0.0691. The standard InChI is InChI=1S/C22H18F2N2O3S/c1-22(2,28)12-8-15(16-11-26(3)21(27)19-14(16)6-7-30-19)20(25-10-12)29-18-5-4-13(23)9-17(18)24/h4-11,28H,1-3H3. The van der Waals surface area contributed by atoms with E-state index in [4.69, 9.17) is 4.74 Å². The van der Waals surface area contributed by atoms with Gasteiger partial charge in [-0.2, -0.15) is 0 Å². The van der Waals surface area contributed by atoms with E-state index in [1.807, 2.05) is 11.4 Å². The van der Waals surface area contributed by atoms with Crippen LogP contribution in [0.2, 0.25) is 0 Å². The molecule has 1 aromatic carbocycles. The van der Waals surface area contributed by atoms with Crippen LogP contribution in [0.1, 0.15) is 19.4 Å². The predicted octanol–water partition coefficient (Wildman–Crippen LogP) is 4.96. The van der Waals surface area contributed by atoms with Crippen molar-refractivity contribution in [2.75, 3.05) is 0 Å². The van der Waals surface area contributed by atoms with Gasteiger partial charge in [0.1, 0.15) is 10.5 Å². The van der Waals surface area contributed by atoms with Crippen LogP contribution in [0.5, 0.6) is 11.6 Å². The molecule has 0 fully saturated rings. The van der Waals surface area contributed by atoms with Crippen LogP contribution < -0.4 is 10.3 Å². The predicted molar refractivity (Wildman–Crippen MR) is 112 cm³/mol. The van der Waals surface area contributed by atoms with E-state index < -0.39 is 17.2 Å². The van der Waals surface area contributed by atoms with E-state index in [1.165, 1.54) is 28.2 Å². The number of aryl methyl sites for hydroxylation is 1. The molecule has 1 N–H and O–H groups in total. The Morgan fingerprint density at radius 3 is 2.63 bits per heavy atom. The zero-order valence-corrected chi connectivity index (χ0v) is 17.3. The molecule has 0 aliphatic rings. The van der Waals surface area contributed by atoms with E-state index >= 15 is 0 Å². The van der Waals surface area contributed by atoms with Crippen molar-refractivity contribution in [3.8, 4) is 22.8 Å². The second-order valence-electron chi connectivity index (χ2n) is 7.43. The normalized spacial score (nSPS) is 11.8. The minimum Gasteiger partial charge on any atom is -0.435 e. The first-order valence-electron chi connectivity index (χ1n) is 9.08. The summed E-state index contributed by atoms with van der Waals surface area (Å²) in [5.41, 5.74) is 0.307. The molecule has 0 spiro atoms. The molecular formula is C22H18F2N2O3S. The molecule has 3 heterocycles. The molecule has 0 saturated heterocycles. The summed E-state index contributed by atoms with van der Waals surface area (Å²) in [7, 11) is 1.64. The van der Waals surface area contributed by atoms with E-state index in [0.29, 0.717) is 26.8 Å². The van der Waals surface area contributed by atoms with Gasteiger partial charge in [0.2, 0.25) is 5.88 Å². The van der Waals surface area contributed by atoms with Crippen LogP contribution in [0.4, 0.5) is 8.78 Å². The van der Waals surface area contributed by atoms with Crippen LogP contribution in [0, 0.1) is 11.6 Å². The zero-order valence-electron chi connectivity index (χ0n) is 16.4. The SMILES string of the molecule is Cn1cc(-c2cc(C(C)(C)O)cnc2Oc2ccc(F)cc2F)c2ccsc2c1=O. The lowest BCUT2D eigenvalue weighted by Gasteiger charge is -2.20. The van der Waals surface area contributed by atoms with Crippen LogP contribution in [0.3, 0.4) is 0 Å². The van der Waals surface area contributed by atoms with E-state index in [0.717, 1.165) is 12.1 Å². The number of rotatable bonds is 4. The van der Waals surface area contributed by atoms with E-state index in [2.05, 4.69) is 4.98 Å². The fourth-order valence-electron chi connectivity index (χ4n) is 3.11. The second-order valence-corrected chi connectivity index (χ2v) is 8.35. The number of halogens is 2. The van der Waals surface area contributed by atoms with Crippen LogP contribution in [-0.2, 0) is 12.6 Å². The molecule has 0 unspecified atom stereocenters. The van der Waals surface area contributed by atoms with Gasteiger partial charge in [-0.3, -0.25) is 4.79 Å². The van der Waals surface area contributed by atoms with E-state index in [9.17, 15) is 18.7 Å². The van der Waals surface area contributed by atoms with Crippen molar-refractivity contribution in [2.45, 2.75) is 19.4 Å². The number of aliphatic hydroxyl groups is 1. The summed E-state index contributed by atoms with van der Waals surface area (Å²) in [6, 6.07) is 6.51. The zero-order chi connectivity index (χ0) is 21.6. The fraction of sp³-hybridized carbons (Fsp3) is 0.182. The molecule has 3 aromatic heterocycles. The summed E-state index contributed by atoms with van der Waals surface area (Å²) in [4.78, 5) is 16.7. The molecule has 0 atom stereocenters. The molecule has 0 aliphatic heterocycles. The van der Waals surface area contributed by atoms with Crippen molar-refractivity contribution >= 4 is 21.4 Å². The number of benzene rings is 1. The average Bonchev–Trinajstić information content (AvgIpc) is 3.16. The van der Waals surface area contributed by atoms with Gasteiger partial charge in [-0.1, -0.05) is 0 Å². The Labute approximate surface area is 174 Å². The maximum absolute atomic E-state index is 14.2. The highest BCUT2D eigenvalue weighted by Crippen LogP contribution is 2.38. The summed E-state index contributed by atoms with van der Waals surface area (Å²) in [6.07, 6.45) is 3.09. The Morgan fingerprint density at radius 2 is 1.93 bits per heavy atom. The third kappa shape index (κ3) is 3.59. The number of aromatic nitrogens is 2. The Hall–Kier alpha value is -3.10. The summed E-state index contributed by atoms with van der Waals surface area (Å²) >= 11 is 1.31. The van der Waals surface area contributed by atoms with Gasteiger partial charge in [0, 0.05) is 47.6 Å². The lowest BCUT2D eigenvalue weighted by molar-refractivity contribution is 0.0782. The molecule has 4 rings (SSSR count). The largest absolute Gasteiger partial charge is 0.435 e. The molecule has 0 radical (unpaired) electrons. The molecule has 154 valence electrons. The minimum atomic E-state index is -1.18. The second kappa shape index (κ2) is 7.30. The summed E-state index contributed by atoms with van der Waals surface area (Å²) < 4.78 is 35.2. The van der Waals surface area contributed by atoms with Gasteiger partial charge >= 0.3 is 0 Å². The third-order valence-electron chi connectivity index (χ3n) is 4.74. The first-order valence-corrected chi connectivity index (χ1v) is 9.96. The van der Waals surface area contributed by atoms with Gasteiger partial charge in [0.15, 0.2) is 11.6 Å². The maximum atomic E-state index is 14.2. The number of pyridine rings is 2. The summed E-state index contributed by atoms with van der Waals surface area (Å²) in [5, 5.41) is 13.0. The highest BCUT2D eigenvalue weighted by molar-refractivity contribution is 7.17. The van der Waals surface area contributed by atoms with Crippen LogP contribution in [0.15, 0.2) is 52.9 Å². The van der Waals surface area contributed by atoms with E-state index in [-0.39, 0.29) is 17.2 Å². The van der Waals surface area contributed by atoms with Crippen molar-refractivity contribution in [1.82, 2.24) is 9.55 Å². The van der Waals surface area contributed by atoms with Gasteiger partial charge in [-0.05, 0) is 43.5 Å². The van der Waals surface area contributed by atoms with Crippen molar-refractivity contribution < 1.29 is 18.6 Å². The molecule has 30 heavy (non-hydrogen) atoms. The van der Waals surface area contributed by atoms with Crippen LogP contribution in [-0.4, -0.2) is 14.7 Å². The molecule has 0 aliphatic carbocycles. The third-order valence-corrected chi connectivity index (χ3v) is 5.64. The molecule has 0 amide bonds. The van der Waals surface area contributed by atoms with Crippen molar-refractivity contribution in [3.05, 3.63) is 75.7 Å². The monoisotopic (exact) mass is 428 g/mol. The number of thiophene rings is 1. The number of hydrogen-bond acceptors (Lipinski definition) is 5. The Morgan fingerprint density at radius 1 is 1.17 bits per heavy atom. The highest BCUT2D eigenvalue weighted by atomic mass is 32.1. The lowest BCUT2D eigenvalue weighted by atomic mass is 9.96. The van der Waals surface area contributed by atoms with Crippen molar-refractivity contribution in [2.24, 2.45) is 7.05 Å². The van der Waals surface area contributed by atoms with Gasteiger partial charge < -0.3 is 14.4 Å². The summed E-state index contributed by atoms with van der Waals surface area (Å²) in [6.45, 7) is 3.24. The quantitative estimate of drug-likeness (QED) is 0.499. The highest BCUT2D eigenvalue weighted by Gasteiger charge is 2.22. The van der Waals surface area contributed by atoms with Gasteiger partial charge in [0.05, 0.1) is 5.60 Å². The number of ether oxygens (including phenoxy) is 1. The topological polar surface area (TPSA) is 64.3 Å². The lowest BCUT2D eigenvalue weighted by Crippen LogP contribution is -2.17. The Kier molecular flexibility index (Phi) is 4.91. The van der Waals surface area contributed by atoms with Gasteiger partial charge in [-0.15, -0.1) is 11.3 Å².